The van der Waals surface area contributed by atoms with Crippen LogP contribution in [0.3, 0.4) is 0 Å². The zero-order valence-corrected chi connectivity index (χ0v) is 38.5. The van der Waals surface area contributed by atoms with Crippen molar-refractivity contribution in [3.63, 3.8) is 0 Å². The minimum absolute atomic E-state index is 0.314. The summed E-state index contributed by atoms with van der Waals surface area (Å²) in [4.78, 5) is 0. The quantitative estimate of drug-likeness (QED) is 0.163. The Bertz CT molecular complexity index is 4140. The van der Waals surface area contributed by atoms with Crippen LogP contribution in [0.2, 0.25) is 0 Å². The van der Waals surface area contributed by atoms with E-state index in [0.29, 0.717) is 5.92 Å². The molecule has 322 valence electrons. The summed E-state index contributed by atoms with van der Waals surface area (Å²) in [5.41, 5.74) is 13.8. The number of fused-ring (bicyclic) bond motifs is 10. The van der Waals surface area contributed by atoms with Crippen LogP contribution in [-0.4, -0.2) is 9.13 Å². The first-order valence-electron chi connectivity index (χ1n) is 23.6. The van der Waals surface area contributed by atoms with Crippen LogP contribution in [0, 0.1) is 0 Å². The average Bonchev–Trinajstić information content (AvgIpc) is 4.05. The Morgan fingerprint density at radius 1 is 0.426 bits per heavy atom. The average molecular weight is 887 g/mol. The fraction of sp³-hybridized carbons (Fsp3) is 0.0462. The van der Waals surface area contributed by atoms with Crippen molar-refractivity contribution in [2.24, 2.45) is 7.05 Å². The van der Waals surface area contributed by atoms with E-state index in [9.17, 15) is 0 Å². The highest BCUT2D eigenvalue weighted by molar-refractivity contribution is 7.26. The van der Waals surface area contributed by atoms with E-state index >= 15 is 0 Å². The first kappa shape index (κ1) is 40.1. The molecule has 68 heavy (non-hydrogen) atoms. The molecule has 10 aromatic carbocycles. The minimum Gasteiger partial charge on any atom is -0.344 e. The van der Waals surface area contributed by atoms with Gasteiger partial charge in [0, 0.05) is 71.1 Å². The maximum Gasteiger partial charge on any atom is 0.0541 e. The molecular weight excluding hydrogens is 841 g/mol. The molecule has 0 fully saturated rings. The summed E-state index contributed by atoms with van der Waals surface area (Å²) < 4.78 is 7.47. The zero-order valence-electron chi connectivity index (χ0n) is 37.7. The summed E-state index contributed by atoms with van der Waals surface area (Å²) in [6.07, 6.45) is 5.98. The third-order valence-electron chi connectivity index (χ3n) is 14.1. The first-order valence-corrected chi connectivity index (χ1v) is 24.4. The summed E-state index contributed by atoms with van der Waals surface area (Å²) in [6.45, 7) is 0. The Kier molecular flexibility index (Phi) is 9.77. The summed E-state index contributed by atoms with van der Waals surface area (Å²) in [5, 5.41) is 11.9. The van der Waals surface area contributed by atoms with Gasteiger partial charge < -0.3 is 9.13 Å². The first-order chi connectivity index (χ1) is 33.6. The van der Waals surface area contributed by atoms with Gasteiger partial charge in [0.1, 0.15) is 0 Å². The second-order valence-corrected chi connectivity index (χ2v) is 19.1. The molecule has 0 saturated carbocycles. The summed E-state index contributed by atoms with van der Waals surface area (Å²) in [6, 6.07) is 83.8. The van der Waals surface area contributed by atoms with E-state index in [1.807, 2.05) is 23.5 Å². The highest BCUT2D eigenvalue weighted by atomic mass is 32.1. The Morgan fingerprint density at radius 3 is 1.84 bits per heavy atom. The van der Waals surface area contributed by atoms with Crippen molar-refractivity contribution in [2.45, 2.75) is 12.3 Å². The Balaban J connectivity index is 0.000000332. The second kappa shape index (κ2) is 16.6. The lowest BCUT2D eigenvalue weighted by atomic mass is 9.90. The Hall–Kier alpha value is -8.24. The number of thiophene rings is 1. The van der Waals surface area contributed by atoms with Gasteiger partial charge in [-0.2, -0.15) is 0 Å². The highest BCUT2D eigenvalue weighted by Gasteiger charge is 2.20. The molecule has 2 nitrogen and oxygen atoms in total. The van der Waals surface area contributed by atoms with Crippen LogP contribution >= 0.6 is 11.3 Å². The molecule has 1 unspecified atom stereocenters. The minimum atomic E-state index is 0.314. The molecule has 14 rings (SSSR count). The third kappa shape index (κ3) is 6.86. The molecule has 3 heteroatoms. The van der Waals surface area contributed by atoms with Gasteiger partial charge >= 0.3 is 0 Å². The molecule has 1 atom stereocenters. The summed E-state index contributed by atoms with van der Waals surface area (Å²) in [5.74, 6) is 0.314. The van der Waals surface area contributed by atoms with Gasteiger partial charge in [-0.15, -0.1) is 11.3 Å². The van der Waals surface area contributed by atoms with E-state index in [2.05, 4.69) is 247 Å². The fourth-order valence-corrected chi connectivity index (χ4v) is 11.9. The fourth-order valence-electron chi connectivity index (χ4n) is 10.8. The van der Waals surface area contributed by atoms with Gasteiger partial charge in [0.05, 0.1) is 11.0 Å². The summed E-state index contributed by atoms with van der Waals surface area (Å²) in [7, 11) is 2.21. The molecule has 0 bridgehead atoms. The van der Waals surface area contributed by atoms with Crippen LogP contribution in [0.25, 0.3) is 115 Å². The predicted molar refractivity (Wildman–Crippen MR) is 292 cm³/mol. The van der Waals surface area contributed by atoms with Crippen molar-refractivity contribution >= 4 is 87.1 Å². The SMILES string of the molecule is Cn1c2c(c3cc4ccccc4cc31)=CC(c1ccc3sc4cccc(-c5ccc6c(c5)c5ccccc5n6-c5cccc(-c6ccccc6)c5)c4c3c1)CC=2.c1ccc(-c2ccccc2)cc1. The van der Waals surface area contributed by atoms with Crippen molar-refractivity contribution in [2.75, 3.05) is 0 Å². The van der Waals surface area contributed by atoms with Gasteiger partial charge in [0.25, 0.3) is 0 Å². The van der Waals surface area contributed by atoms with E-state index in [4.69, 9.17) is 0 Å². The molecule has 0 amide bonds. The maximum atomic E-state index is 2.53. The number of nitrogens with zero attached hydrogens (tertiary/aromatic N) is 2. The zero-order chi connectivity index (χ0) is 45.1. The molecule has 0 aliphatic heterocycles. The van der Waals surface area contributed by atoms with Crippen LogP contribution in [0.5, 0.6) is 0 Å². The molecular formula is C65H46N2S. The number of benzene rings is 10. The predicted octanol–water partition coefficient (Wildman–Crippen LogP) is 16.2. The van der Waals surface area contributed by atoms with Gasteiger partial charge in [-0.05, 0) is 117 Å². The number of para-hydroxylation sites is 1. The standard InChI is InChI=1S/C53H36N2S.C12H10/c1-54-47-24-21-37(29-44(47)45-28-35-13-5-6-14-36(35)32-50(45)54)38-23-26-51-46(30-38)53-41(18-10-20-52(53)56-51)39-22-25-49-43(31-39)42-17-7-8-19-48(42)55(49)40-16-9-15-34(27-40)33-11-3-2-4-12-33;1-3-7-11(8-4-1)12-9-5-2-6-10-12/h2-20,22-32,37H,21H2,1H3;1-10H. The highest BCUT2D eigenvalue weighted by Crippen LogP contribution is 2.43. The maximum absolute atomic E-state index is 2.53. The van der Waals surface area contributed by atoms with E-state index in [1.165, 1.54) is 119 Å². The molecule has 0 saturated heterocycles. The van der Waals surface area contributed by atoms with E-state index in [-0.39, 0.29) is 0 Å². The molecule has 0 radical (unpaired) electrons. The van der Waals surface area contributed by atoms with E-state index in [0.717, 1.165) is 6.42 Å². The van der Waals surface area contributed by atoms with Crippen molar-refractivity contribution in [1.82, 2.24) is 9.13 Å². The van der Waals surface area contributed by atoms with Crippen molar-refractivity contribution in [3.8, 4) is 39.1 Å². The molecule has 1 aliphatic rings. The normalized spacial score (nSPS) is 13.4. The lowest BCUT2D eigenvalue weighted by Gasteiger charge is -2.14. The van der Waals surface area contributed by atoms with Crippen molar-refractivity contribution in [1.29, 1.82) is 0 Å². The van der Waals surface area contributed by atoms with Gasteiger partial charge in [0.2, 0.25) is 0 Å². The molecule has 0 spiro atoms. The monoisotopic (exact) mass is 886 g/mol. The van der Waals surface area contributed by atoms with Gasteiger partial charge in [0.15, 0.2) is 0 Å². The van der Waals surface area contributed by atoms with Gasteiger partial charge in [-0.3, -0.25) is 0 Å². The number of hydrogen-bond acceptors (Lipinski definition) is 1. The number of rotatable bonds is 5. The number of aromatic nitrogens is 2. The number of hydrogen-bond donors (Lipinski definition) is 0. The van der Waals surface area contributed by atoms with E-state index in [1.54, 1.807) is 0 Å². The molecule has 1 aliphatic carbocycles. The van der Waals surface area contributed by atoms with E-state index < -0.39 is 0 Å². The van der Waals surface area contributed by atoms with Crippen molar-refractivity contribution in [3.05, 3.63) is 247 Å². The smallest absolute Gasteiger partial charge is 0.0541 e. The van der Waals surface area contributed by atoms with Crippen LogP contribution in [0.15, 0.2) is 231 Å². The molecule has 3 aromatic heterocycles. The second-order valence-electron chi connectivity index (χ2n) is 18.1. The van der Waals surface area contributed by atoms with Crippen LogP contribution < -0.4 is 10.6 Å². The topological polar surface area (TPSA) is 9.86 Å². The van der Waals surface area contributed by atoms with Crippen LogP contribution in [-0.2, 0) is 7.05 Å². The molecule has 0 N–H and O–H groups in total. The van der Waals surface area contributed by atoms with Gasteiger partial charge in [-0.1, -0.05) is 182 Å². The Morgan fingerprint density at radius 2 is 1.07 bits per heavy atom. The third-order valence-corrected chi connectivity index (χ3v) is 15.2. The Labute approximate surface area is 399 Å². The molecule has 13 aromatic rings. The number of aryl methyl sites for hydroxylation is 1. The van der Waals surface area contributed by atoms with Gasteiger partial charge in [-0.25, -0.2) is 0 Å². The largest absolute Gasteiger partial charge is 0.344 e. The van der Waals surface area contributed by atoms with Crippen LogP contribution in [0.1, 0.15) is 17.9 Å². The summed E-state index contributed by atoms with van der Waals surface area (Å²) >= 11 is 1.90. The lowest BCUT2D eigenvalue weighted by molar-refractivity contribution is 0.874. The molecule has 3 heterocycles. The van der Waals surface area contributed by atoms with Crippen LogP contribution in [0.4, 0.5) is 0 Å². The van der Waals surface area contributed by atoms with Crippen molar-refractivity contribution < 1.29 is 0 Å². The lowest BCUT2D eigenvalue weighted by Crippen LogP contribution is -2.31.